The third-order valence-corrected chi connectivity index (χ3v) is 5.78. The van der Waals surface area contributed by atoms with Gasteiger partial charge >= 0.3 is 0 Å². The molecule has 1 aliphatic rings. The fourth-order valence-corrected chi connectivity index (χ4v) is 3.95. The minimum absolute atomic E-state index is 0.226. The molecule has 4 nitrogen and oxygen atoms in total. The van der Waals surface area contributed by atoms with Crippen LogP contribution in [0.3, 0.4) is 0 Å². The second kappa shape index (κ2) is 9.50. The lowest BCUT2D eigenvalue weighted by Gasteiger charge is -2.11. The van der Waals surface area contributed by atoms with Crippen molar-refractivity contribution in [2.45, 2.75) is 26.4 Å². The van der Waals surface area contributed by atoms with Crippen LogP contribution in [0, 0.1) is 0 Å². The predicted octanol–water partition coefficient (Wildman–Crippen LogP) is 6.41. The lowest BCUT2D eigenvalue weighted by atomic mass is 10.2. The van der Waals surface area contributed by atoms with Gasteiger partial charge in [0.15, 0.2) is 0 Å². The molecule has 146 valence electrons. The van der Waals surface area contributed by atoms with Crippen LogP contribution in [0.4, 0.5) is 4.79 Å². The van der Waals surface area contributed by atoms with Gasteiger partial charge in [-0.05, 0) is 48.0 Å². The van der Waals surface area contributed by atoms with Crippen LogP contribution in [0.15, 0.2) is 47.4 Å². The topological polar surface area (TPSA) is 46.6 Å². The normalized spacial score (nSPS) is 15.5. The first kappa shape index (κ1) is 20.8. The van der Waals surface area contributed by atoms with Gasteiger partial charge < -0.3 is 4.74 Å². The lowest BCUT2D eigenvalue weighted by molar-refractivity contribution is -0.122. The summed E-state index contributed by atoms with van der Waals surface area (Å²) in [6.45, 7) is 2.77. The van der Waals surface area contributed by atoms with E-state index in [1.165, 1.54) is 4.90 Å². The second-order valence-electron chi connectivity index (χ2n) is 6.26. The Morgan fingerprint density at radius 1 is 1.11 bits per heavy atom. The zero-order valence-corrected chi connectivity index (χ0v) is 17.6. The third-order valence-electron chi connectivity index (χ3n) is 4.20. The molecule has 2 amide bonds. The number of hydrogen-bond donors (Lipinski definition) is 0. The number of carbonyl (C=O) groups is 2. The van der Waals surface area contributed by atoms with Gasteiger partial charge in [-0.15, -0.1) is 0 Å². The van der Waals surface area contributed by atoms with Crippen LogP contribution in [0.1, 0.15) is 30.9 Å². The van der Waals surface area contributed by atoms with Gasteiger partial charge in [0.05, 0.1) is 9.93 Å². The van der Waals surface area contributed by atoms with Crippen molar-refractivity contribution in [3.63, 3.8) is 0 Å². The summed E-state index contributed by atoms with van der Waals surface area (Å²) in [6, 6.07) is 12.7. The summed E-state index contributed by atoms with van der Waals surface area (Å²) in [7, 11) is 0. The predicted molar refractivity (Wildman–Crippen MR) is 115 cm³/mol. The van der Waals surface area contributed by atoms with E-state index in [2.05, 4.69) is 0 Å². The Balaban J connectivity index is 1.70. The fraction of sp³-hybridized carbons (Fsp3) is 0.238. The molecule has 1 heterocycles. The number of nitrogens with zero attached hydrogens (tertiary/aromatic N) is 1. The molecule has 1 fully saturated rings. The molecule has 0 atom stereocenters. The van der Waals surface area contributed by atoms with Crippen molar-refractivity contribution in [2.24, 2.45) is 0 Å². The number of amides is 2. The van der Waals surface area contributed by atoms with E-state index in [-0.39, 0.29) is 11.1 Å². The molecule has 0 unspecified atom stereocenters. The molecule has 2 aromatic rings. The Labute approximate surface area is 178 Å². The zero-order valence-electron chi connectivity index (χ0n) is 15.3. The summed E-state index contributed by atoms with van der Waals surface area (Å²) in [6.07, 6.45) is 3.40. The van der Waals surface area contributed by atoms with Crippen molar-refractivity contribution >= 4 is 52.2 Å². The summed E-state index contributed by atoms with van der Waals surface area (Å²) in [5.74, 6) is 0.272. The molecule has 1 aliphatic heterocycles. The van der Waals surface area contributed by atoms with Crippen molar-refractivity contribution in [1.29, 1.82) is 0 Å². The molecule has 3 rings (SSSR count). The number of thioether (sulfide) groups is 1. The van der Waals surface area contributed by atoms with E-state index in [0.29, 0.717) is 33.9 Å². The highest BCUT2D eigenvalue weighted by molar-refractivity contribution is 8.18. The molecule has 0 aliphatic carbocycles. The van der Waals surface area contributed by atoms with Crippen molar-refractivity contribution in [3.8, 4) is 5.75 Å². The number of benzene rings is 2. The molecule has 7 heteroatoms. The summed E-state index contributed by atoms with van der Waals surface area (Å²) < 4.78 is 5.76. The van der Waals surface area contributed by atoms with Crippen molar-refractivity contribution in [1.82, 2.24) is 4.90 Å². The maximum atomic E-state index is 12.4. The summed E-state index contributed by atoms with van der Waals surface area (Å²) in [5.41, 5.74) is 1.60. The molecule has 0 bridgehead atoms. The number of halogens is 2. The highest BCUT2D eigenvalue weighted by Crippen LogP contribution is 2.34. The van der Waals surface area contributed by atoms with Crippen LogP contribution in [-0.4, -0.2) is 22.6 Å². The van der Waals surface area contributed by atoms with E-state index in [0.717, 1.165) is 35.7 Å². The molecule has 0 saturated carbocycles. The number of ether oxygens (including phenoxy) is 1. The van der Waals surface area contributed by atoms with Crippen LogP contribution in [0.5, 0.6) is 5.75 Å². The fourth-order valence-electron chi connectivity index (χ4n) is 2.66. The van der Waals surface area contributed by atoms with Gasteiger partial charge in [0.1, 0.15) is 12.4 Å². The van der Waals surface area contributed by atoms with Gasteiger partial charge in [0, 0.05) is 17.1 Å². The highest BCUT2D eigenvalue weighted by atomic mass is 35.5. The zero-order chi connectivity index (χ0) is 20.1. The van der Waals surface area contributed by atoms with Crippen LogP contribution in [0.25, 0.3) is 6.08 Å². The highest BCUT2D eigenvalue weighted by Gasteiger charge is 2.34. The summed E-state index contributed by atoms with van der Waals surface area (Å²) in [5, 5.41) is 0.829. The first-order chi connectivity index (χ1) is 13.5. The minimum atomic E-state index is -0.251. The third kappa shape index (κ3) is 4.90. The maximum absolute atomic E-state index is 12.4. The van der Waals surface area contributed by atoms with Crippen LogP contribution >= 0.6 is 35.0 Å². The van der Waals surface area contributed by atoms with E-state index < -0.39 is 0 Å². The van der Waals surface area contributed by atoms with Crippen molar-refractivity contribution in [2.75, 3.05) is 6.54 Å². The number of hydrogen-bond acceptors (Lipinski definition) is 4. The van der Waals surface area contributed by atoms with Gasteiger partial charge in [0.2, 0.25) is 0 Å². The lowest BCUT2D eigenvalue weighted by Crippen LogP contribution is -2.29. The monoisotopic (exact) mass is 435 g/mol. The first-order valence-electron chi connectivity index (χ1n) is 8.90. The van der Waals surface area contributed by atoms with Gasteiger partial charge in [-0.2, -0.15) is 0 Å². The number of rotatable bonds is 7. The van der Waals surface area contributed by atoms with Crippen LogP contribution < -0.4 is 4.74 Å². The minimum Gasteiger partial charge on any atom is -0.487 e. The van der Waals surface area contributed by atoms with E-state index in [1.807, 2.05) is 25.1 Å². The first-order valence-corrected chi connectivity index (χ1v) is 10.5. The SMILES string of the molecule is CCCCN1C(=O)S/C(=C\c2ccc(OCc3ccccc3Cl)c(Cl)c2)C1=O. The Hall–Kier alpha value is -1.95. The average Bonchev–Trinajstić information content (AvgIpc) is 2.93. The largest absolute Gasteiger partial charge is 0.487 e. The molecule has 0 aromatic heterocycles. The van der Waals surface area contributed by atoms with Crippen molar-refractivity contribution in [3.05, 3.63) is 68.5 Å². The van der Waals surface area contributed by atoms with Crippen molar-refractivity contribution < 1.29 is 14.3 Å². The van der Waals surface area contributed by atoms with E-state index in [1.54, 1.807) is 30.3 Å². The average molecular weight is 436 g/mol. The Bertz CT molecular complexity index is 930. The number of unbranched alkanes of at least 4 members (excludes halogenated alkanes) is 1. The smallest absolute Gasteiger partial charge is 0.293 e. The molecule has 1 saturated heterocycles. The maximum Gasteiger partial charge on any atom is 0.293 e. The summed E-state index contributed by atoms with van der Waals surface area (Å²) in [4.78, 5) is 26.1. The molecule has 28 heavy (non-hydrogen) atoms. The molecule has 0 N–H and O–H groups in total. The molecular weight excluding hydrogens is 417 g/mol. The van der Waals surface area contributed by atoms with Gasteiger partial charge in [-0.25, -0.2) is 0 Å². The standard InChI is InChI=1S/C21H19Cl2NO3S/c1-2-3-10-24-20(25)19(28-21(24)26)12-14-8-9-18(17(23)11-14)27-13-15-6-4-5-7-16(15)22/h4-9,11-12H,2-3,10,13H2,1H3/b19-12-. The molecule has 2 aromatic carbocycles. The quantitative estimate of drug-likeness (QED) is 0.471. The van der Waals surface area contributed by atoms with E-state index >= 15 is 0 Å². The summed E-state index contributed by atoms with van der Waals surface area (Å²) >= 11 is 13.4. The second-order valence-corrected chi connectivity index (χ2v) is 8.06. The number of carbonyl (C=O) groups excluding carboxylic acids is 2. The van der Waals surface area contributed by atoms with Gasteiger partial charge in [-0.3, -0.25) is 14.5 Å². The van der Waals surface area contributed by atoms with Crippen LogP contribution in [-0.2, 0) is 11.4 Å². The Morgan fingerprint density at radius 2 is 1.89 bits per heavy atom. The number of imide groups is 1. The van der Waals surface area contributed by atoms with E-state index in [4.69, 9.17) is 27.9 Å². The molecule has 0 spiro atoms. The Morgan fingerprint density at radius 3 is 2.61 bits per heavy atom. The van der Waals surface area contributed by atoms with Gasteiger partial charge in [-0.1, -0.05) is 60.8 Å². The molecular formula is C21H19Cl2NO3S. The Kier molecular flexibility index (Phi) is 7.05. The van der Waals surface area contributed by atoms with Crippen LogP contribution in [0.2, 0.25) is 10.0 Å². The van der Waals surface area contributed by atoms with E-state index in [9.17, 15) is 9.59 Å². The van der Waals surface area contributed by atoms with Gasteiger partial charge in [0.25, 0.3) is 11.1 Å². The molecule has 0 radical (unpaired) electrons.